The highest BCUT2D eigenvalue weighted by molar-refractivity contribution is 7.99. The summed E-state index contributed by atoms with van der Waals surface area (Å²) in [6.07, 6.45) is 1.67. The van der Waals surface area contributed by atoms with E-state index in [2.05, 4.69) is 10.3 Å². The quantitative estimate of drug-likeness (QED) is 0.916. The van der Waals surface area contributed by atoms with Gasteiger partial charge in [-0.15, -0.1) is 23.1 Å². The molecule has 1 aromatic carbocycles. The van der Waals surface area contributed by atoms with Gasteiger partial charge >= 0.3 is 0 Å². The lowest BCUT2D eigenvalue weighted by atomic mass is 10.2. The van der Waals surface area contributed by atoms with Gasteiger partial charge in [0.25, 0.3) is 0 Å². The van der Waals surface area contributed by atoms with Crippen molar-refractivity contribution in [2.45, 2.75) is 5.75 Å². The summed E-state index contributed by atoms with van der Waals surface area (Å²) in [5.74, 6) is 1.15. The molecule has 0 saturated heterocycles. The van der Waals surface area contributed by atoms with Crippen LogP contribution in [0.2, 0.25) is 5.02 Å². The molecule has 0 spiro atoms. The molecule has 0 bridgehead atoms. The largest absolute Gasteiger partial charge is 0.301 e. The number of nitrogens with zero attached hydrogens (tertiary/aromatic N) is 1. The molecular formula is C12H11ClN2OS2. The van der Waals surface area contributed by atoms with Crippen molar-refractivity contribution in [3.05, 3.63) is 46.4 Å². The molecule has 2 aromatic rings. The number of carbonyl (C=O) groups excluding carboxylic acids is 1. The molecule has 1 aromatic heterocycles. The van der Waals surface area contributed by atoms with Crippen molar-refractivity contribution in [1.29, 1.82) is 0 Å². The van der Waals surface area contributed by atoms with E-state index >= 15 is 0 Å². The predicted octanol–water partition coefficient (Wildman–Crippen LogP) is 3.67. The normalized spacial score (nSPS) is 10.3. The van der Waals surface area contributed by atoms with E-state index in [1.165, 1.54) is 11.3 Å². The molecule has 3 nitrogen and oxygen atoms in total. The second kappa shape index (κ2) is 6.78. The Bertz CT molecular complexity index is 517. The van der Waals surface area contributed by atoms with E-state index in [9.17, 15) is 4.79 Å². The van der Waals surface area contributed by atoms with Crippen molar-refractivity contribution in [3.63, 3.8) is 0 Å². The molecule has 6 heteroatoms. The van der Waals surface area contributed by atoms with Crippen molar-refractivity contribution >= 4 is 45.7 Å². The van der Waals surface area contributed by atoms with Crippen molar-refractivity contribution in [2.75, 3.05) is 11.1 Å². The summed E-state index contributed by atoms with van der Waals surface area (Å²) < 4.78 is 0. The number of hydrogen-bond acceptors (Lipinski definition) is 4. The molecule has 1 N–H and O–H groups in total. The summed E-state index contributed by atoms with van der Waals surface area (Å²) in [5.41, 5.74) is 1.12. The van der Waals surface area contributed by atoms with Crippen LogP contribution >= 0.6 is 34.7 Å². The van der Waals surface area contributed by atoms with Crippen molar-refractivity contribution in [1.82, 2.24) is 4.98 Å². The van der Waals surface area contributed by atoms with E-state index in [1.807, 2.05) is 29.6 Å². The molecule has 0 radical (unpaired) electrons. The van der Waals surface area contributed by atoms with Gasteiger partial charge in [-0.05, 0) is 17.7 Å². The Hall–Kier alpha value is -1.04. The zero-order valence-electron chi connectivity index (χ0n) is 9.43. The van der Waals surface area contributed by atoms with Gasteiger partial charge in [0.05, 0.1) is 5.75 Å². The van der Waals surface area contributed by atoms with Crippen LogP contribution < -0.4 is 5.32 Å². The average molecular weight is 299 g/mol. The maximum absolute atomic E-state index is 11.6. The monoisotopic (exact) mass is 298 g/mol. The predicted molar refractivity (Wildman–Crippen MR) is 78.4 cm³/mol. The van der Waals surface area contributed by atoms with Crippen LogP contribution in [0.25, 0.3) is 0 Å². The smallest absolute Gasteiger partial charge is 0.236 e. The fourth-order valence-electron chi connectivity index (χ4n) is 1.33. The van der Waals surface area contributed by atoms with Crippen molar-refractivity contribution in [2.24, 2.45) is 0 Å². The summed E-state index contributed by atoms with van der Waals surface area (Å²) in [5, 5.41) is 5.93. The second-order valence-corrected chi connectivity index (χ2v) is 5.82. The van der Waals surface area contributed by atoms with E-state index in [0.29, 0.717) is 10.9 Å². The third-order valence-corrected chi connectivity index (χ3v) is 4.00. The summed E-state index contributed by atoms with van der Waals surface area (Å²) >= 11 is 8.85. The van der Waals surface area contributed by atoms with Crippen LogP contribution in [0.3, 0.4) is 0 Å². The van der Waals surface area contributed by atoms with Crippen LogP contribution in [0.4, 0.5) is 5.13 Å². The first-order chi connectivity index (χ1) is 8.74. The number of nitrogens with one attached hydrogen (secondary N) is 1. The Labute approximate surface area is 119 Å². The third-order valence-electron chi connectivity index (χ3n) is 2.07. The Morgan fingerprint density at radius 1 is 1.50 bits per heavy atom. The minimum atomic E-state index is -0.0306. The van der Waals surface area contributed by atoms with E-state index in [0.717, 1.165) is 16.3 Å². The van der Waals surface area contributed by atoms with E-state index in [-0.39, 0.29) is 5.91 Å². The number of carbonyl (C=O) groups is 1. The molecule has 0 aliphatic heterocycles. The van der Waals surface area contributed by atoms with E-state index in [1.54, 1.807) is 18.0 Å². The van der Waals surface area contributed by atoms with Crippen molar-refractivity contribution in [3.8, 4) is 0 Å². The zero-order valence-corrected chi connectivity index (χ0v) is 11.8. The summed E-state index contributed by atoms with van der Waals surface area (Å²) in [6.45, 7) is 0. The van der Waals surface area contributed by atoms with Gasteiger partial charge in [-0.25, -0.2) is 4.98 Å². The zero-order chi connectivity index (χ0) is 12.8. The van der Waals surface area contributed by atoms with Crippen LogP contribution in [0.5, 0.6) is 0 Å². The molecule has 0 aliphatic rings. The van der Waals surface area contributed by atoms with Crippen LogP contribution in [0.15, 0.2) is 35.8 Å². The fourth-order valence-corrected chi connectivity index (χ4v) is 2.86. The van der Waals surface area contributed by atoms with Gasteiger partial charge in [-0.3, -0.25) is 4.79 Å². The van der Waals surface area contributed by atoms with Gasteiger partial charge < -0.3 is 5.32 Å². The Morgan fingerprint density at radius 2 is 2.39 bits per heavy atom. The van der Waals surface area contributed by atoms with E-state index < -0.39 is 0 Å². The molecule has 1 heterocycles. The number of anilines is 1. The molecule has 18 heavy (non-hydrogen) atoms. The summed E-state index contributed by atoms with van der Waals surface area (Å²) in [6, 6.07) is 7.66. The van der Waals surface area contributed by atoms with Crippen LogP contribution in [-0.4, -0.2) is 16.6 Å². The highest BCUT2D eigenvalue weighted by Crippen LogP contribution is 2.17. The first-order valence-electron chi connectivity index (χ1n) is 5.25. The maximum Gasteiger partial charge on any atom is 0.236 e. The molecule has 0 fully saturated rings. The highest BCUT2D eigenvalue weighted by Gasteiger charge is 2.04. The van der Waals surface area contributed by atoms with Crippen LogP contribution in [0, 0.1) is 0 Å². The number of aromatic nitrogens is 1. The lowest BCUT2D eigenvalue weighted by Gasteiger charge is -2.03. The number of benzene rings is 1. The number of thioether (sulfide) groups is 1. The van der Waals surface area contributed by atoms with Crippen LogP contribution in [-0.2, 0) is 10.5 Å². The molecule has 0 aliphatic carbocycles. The fraction of sp³-hybridized carbons (Fsp3) is 0.167. The number of amides is 1. The number of thiazole rings is 1. The lowest BCUT2D eigenvalue weighted by molar-refractivity contribution is -0.113. The number of hydrogen-bond donors (Lipinski definition) is 1. The number of halogens is 1. The SMILES string of the molecule is O=C(CSCc1cccc(Cl)c1)Nc1nccs1. The van der Waals surface area contributed by atoms with Gasteiger partial charge in [0, 0.05) is 22.4 Å². The lowest BCUT2D eigenvalue weighted by Crippen LogP contribution is -2.13. The molecule has 0 atom stereocenters. The molecule has 2 rings (SSSR count). The van der Waals surface area contributed by atoms with Gasteiger partial charge in [0.15, 0.2) is 5.13 Å². The minimum Gasteiger partial charge on any atom is -0.301 e. The summed E-state index contributed by atoms with van der Waals surface area (Å²) in [4.78, 5) is 15.6. The number of rotatable bonds is 5. The Morgan fingerprint density at radius 3 is 3.11 bits per heavy atom. The average Bonchev–Trinajstić information content (AvgIpc) is 2.82. The Kier molecular flexibility index (Phi) is 5.04. The highest BCUT2D eigenvalue weighted by atomic mass is 35.5. The van der Waals surface area contributed by atoms with Crippen LogP contribution in [0.1, 0.15) is 5.56 Å². The molecule has 0 unspecified atom stereocenters. The Balaban J connectivity index is 1.73. The maximum atomic E-state index is 11.6. The molecule has 1 amide bonds. The molecule has 94 valence electrons. The van der Waals surface area contributed by atoms with Gasteiger partial charge in [0.2, 0.25) is 5.91 Å². The van der Waals surface area contributed by atoms with E-state index in [4.69, 9.17) is 11.6 Å². The molecular weight excluding hydrogens is 288 g/mol. The topological polar surface area (TPSA) is 42.0 Å². The van der Waals surface area contributed by atoms with Gasteiger partial charge in [-0.1, -0.05) is 23.7 Å². The second-order valence-electron chi connectivity index (χ2n) is 3.51. The third kappa shape index (κ3) is 4.33. The van der Waals surface area contributed by atoms with Gasteiger partial charge in [0.1, 0.15) is 0 Å². The molecule has 0 saturated carbocycles. The first-order valence-corrected chi connectivity index (χ1v) is 7.67. The first kappa shape index (κ1) is 13.4. The summed E-state index contributed by atoms with van der Waals surface area (Å²) in [7, 11) is 0. The minimum absolute atomic E-state index is 0.0306. The van der Waals surface area contributed by atoms with Gasteiger partial charge in [-0.2, -0.15) is 0 Å². The van der Waals surface area contributed by atoms with Crippen molar-refractivity contribution < 1.29 is 4.79 Å². The standard InChI is InChI=1S/C12H11ClN2OS2/c13-10-3-1-2-9(6-10)7-17-8-11(16)15-12-14-4-5-18-12/h1-6H,7-8H2,(H,14,15,16).